The monoisotopic (exact) mass is 202 g/mol. The lowest BCUT2D eigenvalue weighted by atomic mass is 10.2. The first-order valence-electron chi connectivity index (χ1n) is 3.29. The summed E-state index contributed by atoms with van der Waals surface area (Å²) in [5, 5.41) is 17.2. The molecule has 4 N–H and O–H groups in total. The summed E-state index contributed by atoms with van der Waals surface area (Å²) in [6, 6.07) is 3.81. The van der Waals surface area contributed by atoms with Gasteiger partial charge in [0.15, 0.2) is 0 Å². The number of amides is 1. The van der Waals surface area contributed by atoms with Crippen molar-refractivity contribution in [2.45, 2.75) is 0 Å². The second-order valence-corrected chi connectivity index (χ2v) is 2.73. The molecule has 0 unspecified atom stereocenters. The Kier molecular flexibility index (Phi) is 2.72. The number of benzene rings is 1. The number of primary amides is 1. The van der Waals surface area contributed by atoms with Crippen LogP contribution in [0.1, 0.15) is 10.4 Å². The summed E-state index contributed by atoms with van der Waals surface area (Å²) in [4.78, 5) is 10.7. The molecule has 13 heavy (non-hydrogen) atoms. The molecule has 1 rings (SSSR count). The van der Waals surface area contributed by atoms with Crippen LogP contribution in [0.4, 0.5) is 5.69 Å². The Balaban J connectivity index is 3.13. The van der Waals surface area contributed by atoms with Gasteiger partial charge in [0, 0.05) is 0 Å². The van der Waals surface area contributed by atoms with Crippen molar-refractivity contribution >= 4 is 23.2 Å². The first-order chi connectivity index (χ1) is 6.02. The fourth-order valence-electron chi connectivity index (χ4n) is 0.828. The number of nitrogens with two attached hydrogens (primary N) is 1. The third-order valence-electron chi connectivity index (χ3n) is 1.45. The van der Waals surface area contributed by atoms with Gasteiger partial charge in [-0.15, -0.1) is 5.23 Å². The zero-order valence-corrected chi connectivity index (χ0v) is 7.19. The molecular formula is C7H7ClN2O3. The van der Waals surface area contributed by atoms with Crippen LogP contribution in [-0.2, 0) is 0 Å². The quantitative estimate of drug-likeness (QED) is 0.625. The summed E-state index contributed by atoms with van der Waals surface area (Å²) in [7, 11) is 0. The van der Waals surface area contributed by atoms with Crippen LogP contribution in [-0.4, -0.2) is 16.3 Å². The average molecular weight is 203 g/mol. The van der Waals surface area contributed by atoms with E-state index in [9.17, 15) is 4.79 Å². The van der Waals surface area contributed by atoms with E-state index >= 15 is 0 Å². The number of hydrogen-bond acceptors (Lipinski definition) is 4. The Morgan fingerprint density at radius 3 is 2.46 bits per heavy atom. The minimum absolute atomic E-state index is 0.0509. The molecule has 1 aromatic carbocycles. The maximum atomic E-state index is 10.7. The summed E-state index contributed by atoms with van der Waals surface area (Å²) in [5.41, 5.74) is 5.16. The van der Waals surface area contributed by atoms with E-state index in [-0.39, 0.29) is 21.5 Å². The lowest BCUT2D eigenvalue weighted by Gasteiger charge is -2.08. The summed E-state index contributed by atoms with van der Waals surface area (Å²) in [6.45, 7) is 0. The third kappa shape index (κ3) is 2.09. The summed E-state index contributed by atoms with van der Waals surface area (Å²) in [6.07, 6.45) is 0. The van der Waals surface area contributed by atoms with Crippen molar-refractivity contribution in [2.75, 3.05) is 5.23 Å². The first-order valence-corrected chi connectivity index (χ1v) is 3.67. The van der Waals surface area contributed by atoms with Crippen LogP contribution < -0.4 is 11.0 Å². The van der Waals surface area contributed by atoms with Crippen LogP contribution in [0.3, 0.4) is 0 Å². The topological polar surface area (TPSA) is 86.8 Å². The minimum Gasteiger partial charge on any atom is -0.366 e. The predicted molar refractivity (Wildman–Crippen MR) is 46.0 cm³/mol. The molecule has 0 atom stereocenters. The second-order valence-electron chi connectivity index (χ2n) is 2.32. The molecule has 0 bridgehead atoms. The highest BCUT2D eigenvalue weighted by Gasteiger charge is 2.08. The summed E-state index contributed by atoms with van der Waals surface area (Å²) >= 11 is 5.62. The van der Waals surface area contributed by atoms with Crippen molar-refractivity contribution in [1.29, 1.82) is 0 Å². The van der Waals surface area contributed by atoms with Crippen LogP contribution in [0.15, 0.2) is 18.2 Å². The molecule has 0 aliphatic carbocycles. The molecule has 0 radical (unpaired) electrons. The lowest BCUT2D eigenvalue weighted by molar-refractivity contribution is 0.0291. The fourth-order valence-corrected chi connectivity index (χ4v) is 1.10. The zero-order valence-electron chi connectivity index (χ0n) is 6.44. The minimum atomic E-state index is -0.668. The first kappa shape index (κ1) is 9.79. The molecule has 1 aromatic rings. The third-order valence-corrected chi connectivity index (χ3v) is 1.76. The molecule has 1 amide bonds. The fraction of sp³-hybridized carbons (Fsp3) is 0. The number of anilines is 1. The molecule has 0 aromatic heterocycles. The molecular weight excluding hydrogens is 196 g/mol. The van der Waals surface area contributed by atoms with E-state index in [0.29, 0.717) is 0 Å². The molecule has 5 nitrogen and oxygen atoms in total. The smallest absolute Gasteiger partial charge is 0.250 e. The SMILES string of the molecule is NC(=O)c1ccc(N(O)O)cc1Cl. The van der Waals surface area contributed by atoms with Gasteiger partial charge < -0.3 is 5.73 Å². The van der Waals surface area contributed by atoms with Gasteiger partial charge in [-0.1, -0.05) is 11.6 Å². The maximum absolute atomic E-state index is 10.7. The molecule has 0 saturated carbocycles. The van der Waals surface area contributed by atoms with Gasteiger partial charge in [0.05, 0.1) is 16.3 Å². The number of hydrogen-bond donors (Lipinski definition) is 3. The van der Waals surface area contributed by atoms with Gasteiger partial charge in [-0.3, -0.25) is 15.2 Å². The van der Waals surface area contributed by atoms with Crippen LogP contribution in [0.2, 0.25) is 5.02 Å². The predicted octanol–water partition coefficient (Wildman–Crippen LogP) is 1.02. The second kappa shape index (κ2) is 3.61. The van der Waals surface area contributed by atoms with E-state index in [1.54, 1.807) is 0 Å². The molecule has 0 heterocycles. The van der Waals surface area contributed by atoms with Crippen LogP contribution >= 0.6 is 11.6 Å². The number of nitrogens with zero attached hydrogens (tertiary/aromatic N) is 1. The van der Waals surface area contributed by atoms with Gasteiger partial charge in [-0.25, -0.2) is 0 Å². The number of carbonyl (C=O) groups is 1. The number of carbonyl (C=O) groups excluding carboxylic acids is 1. The molecule has 0 aliphatic heterocycles. The molecule has 70 valence electrons. The van der Waals surface area contributed by atoms with Gasteiger partial charge in [0.1, 0.15) is 0 Å². The van der Waals surface area contributed by atoms with Gasteiger partial charge >= 0.3 is 0 Å². The Morgan fingerprint density at radius 1 is 1.46 bits per heavy atom. The van der Waals surface area contributed by atoms with E-state index < -0.39 is 5.91 Å². The average Bonchev–Trinajstić information content (AvgIpc) is 2.03. The maximum Gasteiger partial charge on any atom is 0.250 e. The summed E-state index contributed by atoms with van der Waals surface area (Å²) < 4.78 is 0. The highest BCUT2D eigenvalue weighted by molar-refractivity contribution is 6.34. The Bertz CT molecular complexity index is 341. The Labute approximate surface area is 78.9 Å². The van der Waals surface area contributed by atoms with Crippen molar-refractivity contribution in [3.05, 3.63) is 28.8 Å². The molecule has 0 spiro atoms. The molecule has 6 heteroatoms. The van der Waals surface area contributed by atoms with Crippen molar-refractivity contribution < 1.29 is 15.2 Å². The van der Waals surface area contributed by atoms with Gasteiger partial charge in [-0.05, 0) is 18.2 Å². The molecule has 0 fully saturated rings. The zero-order chi connectivity index (χ0) is 10.0. The van der Waals surface area contributed by atoms with Crippen molar-refractivity contribution in [3.63, 3.8) is 0 Å². The normalized spacial score (nSPS) is 9.77. The lowest BCUT2D eigenvalue weighted by Crippen LogP contribution is -2.14. The Morgan fingerprint density at radius 2 is 2.08 bits per heavy atom. The van der Waals surface area contributed by atoms with Crippen LogP contribution in [0, 0.1) is 0 Å². The number of halogens is 1. The van der Waals surface area contributed by atoms with Crippen molar-refractivity contribution in [3.8, 4) is 0 Å². The van der Waals surface area contributed by atoms with Crippen molar-refractivity contribution in [2.24, 2.45) is 5.73 Å². The van der Waals surface area contributed by atoms with E-state index in [0.717, 1.165) is 0 Å². The van der Waals surface area contributed by atoms with Gasteiger partial charge in [0.2, 0.25) is 5.91 Å². The highest BCUT2D eigenvalue weighted by Crippen LogP contribution is 2.21. The van der Waals surface area contributed by atoms with Crippen molar-refractivity contribution in [1.82, 2.24) is 0 Å². The van der Waals surface area contributed by atoms with E-state index in [4.69, 9.17) is 27.7 Å². The largest absolute Gasteiger partial charge is 0.366 e. The van der Waals surface area contributed by atoms with E-state index in [1.165, 1.54) is 18.2 Å². The van der Waals surface area contributed by atoms with Crippen LogP contribution in [0.25, 0.3) is 0 Å². The molecule has 0 saturated heterocycles. The summed E-state index contributed by atoms with van der Waals surface area (Å²) in [5.74, 6) is -0.668. The highest BCUT2D eigenvalue weighted by atomic mass is 35.5. The van der Waals surface area contributed by atoms with Gasteiger partial charge in [-0.2, -0.15) is 0 Å². The van der Waals surface area contributed by atoms with Gasteiger partial charge in [0.25, 0.3) is 0 Å². The van der Waals surface area contributed by atoms with E-state index in [2.05, 4.69) is 0 Å². The number of rotatable bonds is 2. The Hall–Kier alpha value is -1.30. The van der Waals surface area contributed by atoms with Crippen LogP contribution in [0.5, 0.6) is 0 Å². The standard InChI is InChI=1S/C7H7ClN2O3/c8-6-3-4(10(12)13)1-2-5(6)7(9)11/h1-3,12-13H,(H2,9,11). The van der Waals surface area contributed by atoms with E-state index in [1.807, 2.05) is 0 Å². The molecule has 0 aliphatic rings.